The van der Waals surface area contributed by atoms with Gasteiger partial charge in [-0.15, -0.1) is 11.3 Å². The zero-order valence-corrected chi connectivity index (χ0v) is 7.90. The molecule has 0 aliphatic heterocycles. The minimum Gasteiger partial charge on any atom is -0.261 e. The summed E-state index contributed by atoms with van der Waals surface area (Å²) in [6, 6.07) is 0. The van der Waals surface area contributed by atoms with E-state index >= 15 is 0 Å². The first-order valence-corrected chi connectivity index (χ1v) is 4.42. The van der Waals surface area contributed by atoms with E-state index in [1.54, 1.807) is 12.3 Å². The number of aliphatic imine (C=N–C) groups is 1. The largest absolute Gasteiger partial charge is 0.261 e. The monoisotopic (exact) mass is 198 g/mol. The topological polar surface area (TPSA) is 25.2 Å². The Labute approximate surface area is 79.9 Å². The van der Waals surface area contributed by atoms with Crippen LogP contribution in [0, 0.1) is 0 Å². The first-order chi connectivity index (χ1) is 5.74. The molecule has 0 atom stereocenters. The molecule has 0 aromatic carbocycles. The molecule has 0 saturated carbocycles. The molecule has 62 valence electrons. The average Bonchev–Trinajstić information content (AvgIpc) is 2.51. The van der Waals surface area contributed by atoms with Crippen LogP contribution in [0.25, 0.3) is 5.70 Å². The van der Waals surface area contributed by atoms with Crippen molar-refractivity contribution >= 4 is 35.4 Å². The molecule has 1 aromatic rings. The second-order valence-electron chi connectivity index (χ2n) is 1.97. The number of allylic oxidation sites excluding steroid dienone is 2. The number of nitrogens with zero attached hydrogens (tertiary/aromatic N) is 2. The molecule has 1 heterocycles. The molecular formula is C8H7ClN2S. The van der Waals surface area contributed by atoms with E-state index in [0.717, 1.165) is 5.01 Å². The summed E-state index contributed by atoms with van der Waals surface area (Å²) in [6.45, 7) is 6.95. The van der Waals surface area contributed by atoms with Gasteiger partial charge in [-0.3, -0.25) is 4.99 Å². The summed E-state index contributed by atoms with van der Waals surface area (Å²) in [7, 11) is 0. The molecule has 0 amide bonds. The van der Waals surface area contributed by atoms with Crippen LogP contribution in [0.5, 0.6) is 0 Å². The number of thiazole rings is 1. The van der Waals surface area contributed by atoms with Crippen LogP contribution in [0.3, 0.4) is 0 Å². The van der Waals surface area contributed by atoms with Crippen molar-refractivity contribution in [2.75, 3.05) is 0 Å². The molecule has 1 rings (SSSR count). The molecule has 0 N–H and O–H groups in total. The van der Waals surface area contributed by atoms with E-state index in [0.29, 0.717) is 10.7 Å². The Kier molecular flexibility index (Phi) is 3.19. The van der Waals surface area contributed by atoms with E-state index in [4.69, 9.17) is 11.6 Å². The van der Waals surface area contributed by atoms with Crippen molar-refractivity contribution in [2.24, 2.45) is 4.99 Å². The number of rotatable bonds is 3. The third-order valence-corrected chi connectivity index (χ3v) is 2.02. The summed E-state index contributed by atoms with van der Waals surface area (Å²) >= 11 is 7.07. The maximum absolute atomic E-state index is 5.59. The van der Waals surface area contributed by atoms with E-state index in [1.165, 1.54) is 11.3 Å². The Morgan fingerprint density at radius 1 is 1.75 bits per heavy atom. The molecule has 2 nitrogen and oxygen atoms in total. The van der Waals surface area contributed by atoms with Gasteiger partial charge in [-0.1, -0.05) is 18.2 Å². The van der Waals surface area contributed by atoms with Crippen molar-refractivity contribution in [2.45, 2.75) is 0 Å². The quantitative estimate of drug-likeness (QED) is 0.542. The summed E-state index contributed by atoms with van der Waals surface area (Å²) in [6.07, 6.45) is 3.34. The molecule has 0 spiro atoms. The zero-order chi connectivity index (χ0) is 8.97. The lowest BCUT2D eigenvalue weighted by Gasteiger charge is -1.93. The van der Waals surface area contributed by atoms with E-state index in [9.17, 15) is 0 Å². The normalized spacial score (nSPS) is 11.2. The van der Waals surface area contributed by atoms with E-state index in [2.05, 4.69) is 23.3 Å². The van der Waals surface area contributed by atoms with E-state index in [1.807, 2.05) is 5.38 Å². The molecular weight excluding hydrogens is 192 g/mol. The Morgan fingerprint density at radius 3 is 2.92 bits per heavy atom. The smallest absolute Gasteiger partial charge is 0.141 e. The van der Waals surface area contributed by atoms with Gasteiger partial charge in [0.15, 0.2) is 0 Å². The standard InChI is InChI=1S/C8H7ClN2S/c1-6(9)5-7(10-2)8-11-3-4-12-8/h3-5H,1-2H2. The van der Waals surface area contributed by atoms with Gasteiger partial charge in [-0.2, -0.15) is 0 Å². The molecule has 0 fully saturated rings. The third-order valence-electron chi connectivity index (χ3n) is 1.12. The maximum atomic E-state index is 5.59. The van der Waals surface area contributed by atoms with Gasteiger partial charge in [0.2, 0.25) is 0 Å². The van der Waals surface area contributed by atoms with Crippen LogP contribution in [-0.2, 0) is 0 Å². The van der Waals surface area contributed by atoms with Crippen LogP contribution < -0.4 is 0 Å². The highest BCUT2D eigenvalue weighted by molar-refractivity contribution is 7.10. The second kappa shape index (κ2) is 4.18. The molecule has 12 heavy (non-hydrogen) atoms. The van der Waals surface area contributed by atoms with Crippen molar-refractivity contribution in [3.8, 4) is 0 Å². The number of aromatic nitrogens is 1. The highest BCUT2D eigenvalue weighted by atomic mass is 35.5. The highest BCUT2D eigenvalue weighted by Gasteiger charge is 2.00. The summed E-state index contributed by atoms with van der Waals surface area (Å²) in [5, 5.41) is 3.09. The van der Waals surface area contributed by atoms with E-state index in [-0.39, 0.29) is 0 Å². The minimum absolute atomic E-state index is 0.424. The van der Waals surface area contributed by atoms with Crippen LogP contribution in [0.1, 0.15) is 5.01 Å². The fraction of sp³-hybridized carbons (Fsp3) is 0. The Bertz CT molecular complexity index is 314. The lowest BCUT2D eigenvalue weighted by molar-refractivity contribution is 1.35. The van der Waals surface area contributed by atoms with Gasteiger partial charge < -0.3 is 0 Å². The molecule has 0 radical (unpaired) electrons. The summed E-state index contributed by atoms with van der Waals surface area (Å²) in [5.41, 5.74) is 0.657. The highest BCUT2D eigenvalue weighted by Crippen LogP contribution is 2.19. The predicted octanol–water partition coefficient (Wildman–Crippen LogP) is 2.94. The summed E-state index contributed by atoms with van der Waals surface area (Å²) in [5.74, 6) is 0. The molecule has 0 aliphatic carbocycles. The average molecular weight is 199 g/mol. The maximum Gasteiger partial charge on any atom is 0.141 e. The second-order valence-corrected chi connectivity index (χ2v) is 3.35. The van der Waals surface area contributed by atoms with Crippen LogP contribution in [0.2, 0.25) is 0 Å². The van der Waals surface area contributed by atoms with Gasteiger partial charge in [-0.25, -0.2) is 4.98 Å². The lowest BCUT2D eigenvalue weighted by atomic mass is 10.4. The number of halogens is 1. The van der Waals surface area contributed by atoms with Crippen molar-refractivity contribution < 1.29 is 0 Å². The SMILES string of the molecule is C=NC(=CC(=C)Cl)c1nccs1. The molecule has 0 unspecified atom stereocenters. The fourth-order valence-corrected chi connectivity index (χ4v) is 1.39. The molecule has 1 aromatic heterocycles. The van der Waals surface area contributed by atoms with Gasteiger partial charge >= 0.3 is 0 Å². The van der Waals surface area contributed by atoms with Crippen LogP contribution >= 0.6 is 22.9 Å². The third kappa shape index (κ3) is 2.29. The van der Waals surface area contributed by atoms with Crippen molar-refractivity contribution in [3.05, 3.63) is 34.3 Å². The van der Waals surface area contributed by atoms with Gasteiger partial charge in [0.1, 0.15) is 5.01 Å². The van der Waals surface area contributed by atoms with Crippen LogP contribution in [0.15, 0.2) is 34.3 Å². The molecule has 0 saturated heterocycles. The summed E-state index contributed by atoms with van der Waals surface area (Å²) < 4.78 is 0. The molecule has 0 bridgehead atoms. The van der Waals surface area contributed by atoms with Gasteiger partial charge in [0.25, 0.3) is 0 Å². The minimum atomic E-state index is 0.424. The van der Waals surface area contributed by atoms with Gasteiger partial charge in [-0.05, 0) is 12.8 Å². The lowest BCUT2D eigenvalue weighted by Crippen LogP contribution is -1.77. The zero-order valence-electron chi connectivity index (χ0n) is 6.33. The number of hydrogen-bond acceptors (Lipinski definition) is 3. The fourth-order valence-electron chi connectivity index (χ4n) is 0.673. The van der Waals surface area contributed by atoms with Crippen molar-refractivity contribution in [3.63, 3.8) is 0 Å². The summed E-state index contributed by atoms with van der Waals surface area (Å²) in [4.78, 5) is 7.84. The van der Waals surface area contributed by atoms with Crippen molar-refractivity contribution in [1.82, 2.24) is 4.98 Å². The van der Waals surface area contributed by atoms with Crippen molar-refractivity contribution in [1.29, 1.82) is 0 Å². The predicted molar refractivity (Wildman–Crippen MR) is 54.6 cm³/mol. The van der Waals surface area contributed by atoms with Crippen LogP contribution in [0.4, 0.5) is 0 Å². The van der Waals surface area contributed by atoms with Crippen LogP contribution in [-0.4, -0.2) is 11.7 Å². The van der Waals surface area contributed by atoms with E-state index < -0.39 is 0 Å². The number of hydrogen-bond donors (Lipinski definition) is 0. The Morgan fingerprint density at radius 2 is 2.50 bits per heavy atom. The first kappa shape index (κ1) is 9.16. The first-order valence-electron chi connectivity index (χ1n) is 3.16. The Balaban J connectivity index is 2.98. The Hall–Kier alpha value is -0.930. The molecule has 0 aliphatic rings. The van der Waals surface area contributed by atoms with Gasteiger partial charge in [0, 0.05) is 16.6 Å². The molecule has 4 heteroatoms. The van der Waals surface area contributed by atoms with Gasteiger partial charge in [0.05, 0.1) is 5.70 Å².